The Morgan fingerprint density at radius 2 is 2.00 bits per heavy atom. The molecule has 1 aliphatic rings. The number of benzene rings is 1. The number of carboxylic acids is 1. The fourth-order valence-electron chi connectivity index (χ4n) is 2.25. The molecular weight excluding hydrogens is 338 g/mol. The van der Waals surface area contributed by atoms with Gasteiger partial charge in [0.15, 0.2) is 0 Å². The smallest absolute Gasteiger partial charge is 0.335 e. The molecule has 0 saturated carbocycles. The fourth-order valence-corrected chi connectivity index (χ4v) is 2.73. The molecule has 21 heavy (non-hydrogen) atoms. The van der Waals surface area contributed by atoms with Crippen LogP contribution in [0.5, 0.6) is 0 Å². The third-order valence-corrected chi connectivity index (χ3v) is 4.03. The summed E-state index contributed by atoms with van der Waals surface area (Å²) >= 11 is 3.25. The number of nitrogens with one attached hydrogen (secondary N) is 2. The van der Waals surface area contributed by atoms with E-state index in [1.807, 2.05) is 0 Å². The Morgan fingerprint density at radius 3 is 2.62 bits per heavy atom. The summed E-state index contributed by atoms with van der Waals surface area (Å²) in [7, 11) is 0. The number of carboxylic acid groups (broad SMARTS) is 1. The Balaban J connectivity index is 1.80. The second-order valence-corrected chi connectivity index (χ2v) is 5.78. The van der Waals surface area contributed by atoms with Crippen molar-refractivity contribution in [2.45, 2.75) is 12.8 Å². The van der Waals surface area contributed by atoms with Crippen LogP contribution >= 0.6 is 15.9 Å². The summed E-state index contributed by atoms with van der Waals surface area (Å²) in [6.07, 6.45) is 2.46. The van der Waals surface area contributed by atoms with Crippen LogP contribution in [0.25, 0.3) is 0 Å². The van der Waals surface area contributed by atoms with Crippen LogP contribution in [0, 0.1) is 0 Å². The number of anilines is 1. The lowest BCUT2D eigenvalue weighted by Crippen LogP contribution is -2.36. The minimum Gasteiger partial charge on any atom is -0.478 e. The zero-order valence-corrected chi connectivity index (χ0v) is 13.1. The van der Waals surface area contributed by atoms with Gasteiger partial charge in [-0.25, -0.2) is 9.59 Å². The predicted octanol–water partition coefficient (Wildman–Crippen LogP) is 2.36. The number of hydrogen-bond acceptors (Lipinski definition) is 3. The number of likely N-dealkylation sites (tertiary alicyclic amines) is 1. The summed E-state index contributed by atoms with van der Waals surface area (Å²) in [6, 6.07) is 4.18. The van der Waals surface area contributed by atoms with Crippen molar-refractivity contribution in [3.05, 3.63) is 28.2 Å². The normalized spacial score (nSPS) is 14.9. The van der Waals surface area contributed by atoms with Crippen molar-refractivity contribution in [1.29, 1.82) is 0 Å². The minimum atomic E-state index is -1.00. The van der Waals surface area contributed by atoms with Crippen molar-refractivity contribution < 1.29 is 14.7 Å². The molecular formula is C14H18BrN3O3. The summed E-state index contributed by atoms with van der Waals surface area (Å²) in [5.74, 6) is -1.00. The summed E-state index contributed by atoms with van der Waals surface area (Å²) in [5, 5.41) is 14.4. The molecule has 1 saturated heterocycles. The van der Waals surface area contributed by atoms with E-state index in [1.165, 1.54) is 25.0 Å². The topological polar surface area (TPSA) is 81.7 Å². The molecule has 2 amide bonds. The van der Waals surface area contributed by atoms with Crippen molar-refractivity contribution in [2.75, 3.05) is 31.5 Å². The van der Waals surface area contributed by atoms with Gasteiger partial charge in [-0.3, -0.25) is 0 Å². The van der Waals surface area contributed by atoms with Gasteiger partial charge in [-0.2, -0.15) is 0 Å². The molecule has 114 valence electrons. The maximum Gasteiger partial charge on any atom is 0.335 e. The molecule has 0 unspecified atom stereocenters. The molecule has 1 fully saturated rings. The van der Waals surface area contributed by atoms with Gasteiger partial charge >= 0.3 is 12.0 Å². The van der Waals surface area contributed by atoms with Crippen LogP contribution in [0.3, 0.4) is 0 Å². The lowest BCUT2D eigenvalue weighted by Gasteiger charge is -2.15. The van der Waals surface area contributed by atoms with E-state index in [-0.39, 0.29) is 11.6 Å². The standard InChI is InChI=1S/C14H18BrN3O3/c15-11-9-10(13(19)20)3-4-12(11)17-14(21)16-5-8-18-6-1-2-7-18/h3-4,9H,1-2,5-8H2,(H,19,20)(H2,16,17,21). The van der Waals surface area contributed by atoms with Gasteiger partial charge in [0.1, 0.15) is 0 Å². The highest BCUT2D eigenvalue weighted by Crippen LogP contribution is 2.23. The molecule has 6 nitrogen and oxygen atoms in total. The Kier molecular flexibility index (Phi) is 5.58. The molecule has 1 aliphatic heterocycles. The van der Waals surface area contributed by atoms with Crippen molar-refractivity contribution in [3.8, 4) is 0 Å². The summed E-state index contributed by atoms with van der Waals surface area (Å²) in [5.41, 5.74) is 0.709. The number of carbonyl (C=O) groups excluding carboxylic acids is 1. The average molecular weight is 356 g/mol. The number of halogens is 1. The number of rotatable bonds is 5. The van der Waals surface area contributed by atoms with Crippen molar-refractivity contribution in [1.82, 2.24) is 10.2 Å². The zero-order valence-electron chi connectivity index (χ0n) is 11.6. The molecule has 1 aromatic rings. The minimum absolute atomic E-state index is 0.168. The Labute approximate surface area is 131 Å². The largest absolute Gasteiger partial charge is 0.478 e. The third-order valence-electron chi connectivity index (χ3n) is 3.38. The number of amides is 2. The maximum absolute atomic E-state index is 11.8. The number of urea groups is 1. The highest BCUT2D eigenvalue weighted by Gasteiger charge is 2.12. The van der Waals surface area contributed by atoms with E-state index < -0.39 is 5.97 Å². The van der Waals surface area contributed by atoms with E-state index in [0.29, 0.717) is 16.7 Å². The first-order valence-corrected chi connectivity index (χ1v) is 7.65. The van der Waals surface area contributed by atoms with Gasteiger partial charge in [-0.15, -0.1) is 0 Å². The van der Waals surface area contributed by atoms with E-state index >= 15 is 0 Å². The zero-order chi connectivity index (χ0) is 15.2. The average Bonchev–Trinajstić information content (AvgIpc) is 2.94. The number of carbonyl (C=O) groups is 2. The first kappa shape index (κ1) is 15.8. The quantitative estimate of drug-likeness (QED) is 0.757. The second kappa shape index (κ2) is 7.42. The molecule has 0 aliphatic carbocycles. The monoisotopic (exact) mass is 355 g/mol. The fraction of sp³-hybridized carbons (Fsp3) is 0.429. The van der Waals surface area contributed by atoms with Gasteiger partial charge in [-0.05, 0) is 60.1 Å². The highest BCUT2D eigenvalue weighted by atomic mass is 79.9. The number of nitrogens with zero attached hydrogens (tertiary/aromatic N) is 1. The van der Waals surface area contributed by atoms with Gasteiger partial charge in [-0.1, -0.05) is 0 Å². The van der Waals surface area contributed by atoms with Crippen LogP contribution in [0.4, 0.5) is 10.5 Å². The van der Waals surface area contributed by atoms with Gasteiger partial charge in [0, 0.05) is 17.6 Å². The first-order valence-electron chi connectivity index (χ1n) is 6.86. The van der Waals surface area contributed by atoms with E-state index in [2.05, 4.69) is 31.5 Å². The summed E-state index contributed by atoms with van der Waals surface area (Å²) in [4.78, 5) is 24.9. The van der Waals surface area contributed by atoms with Crippen LogP contribution in [0.15, 0.2) is 22.7 Å². The van der Waals surface area contributed by atoms with Crippen LogP contribution in [-0.2, 0) is 0 Å². The second-order valence-electron chi connectivity index (χ2n) is 4.93. The van der Waals surface area contributed by atoms with Gasteiger partial charge in [0.05, 0.1) is 11.3 Å². The van der Waals surface area contributed by atoms with E-state index in [9.17, 15) is 9.59 Å². The molecule has 0 bridgehead atoms. The Morgan fingerprint density at radius 1 is 1.29 bits per heavy atom. The molecule has 2 rings (SSSR count). The number of aromatic carboxylic acids is 1. The Bertz CT molecular complexity index is 530. The third kappa shape index (κ3) is 4.71. The molecule has 3 N–H and O–H groups in total. The molecule has 0 atom stereocenters. The van der Waals surface area contributed by atoms with E-state index in [4.69, 9.17) is 5.11 Å². The van der Waals surface area contributed by atoms with Crippen LogP contribution in [-0.4, -0.2) is 48.2 Å². The predicted molar refractivity (Wildman–Crippen MR) is 83.8 cm³/mol. The summed E-state index contributed by atoms with van der Waals surface area (Å²) < 4.78 is 0.539. The van der Waals surface area contributed by atoms with Crippen molar-refractivity contribution >= 4 is 33.6 Å². The first-order chi connectivity index (χ1) is 10.1. The van der Waals surface area contributed by atoms with Crippen LogP contribution in [0.1, 0.15) is 23.2 Å². The SMILES string of the molecule is O=C(NCCN1CCCC1)Nc1ccc(C(=O)O)cc1Br. The Hall–Kier alpha value is -1.60. The molecule has 0 radical (unpaired) electrons. The van der Waals surface area contributed by atoms with E-state index in [1.54, 1.807) is 6.07 Å². The molecule has 1 heterocycles. The van der Waals surface area contributed by atoms with Gasteiger partial charge < -0.3 is 20.6 Å². The van der Waals surface area contributed by atoms with Crippen LogP contribution in [0.2, 0.25) is 0 Å². The van der Waals surface area contributed by atoms with Gasteiger partial charge in [0.25, 0.3) is 0 Å². The maximum atomic E-state index is 11.8. The molecule has 1 aromatic carbocycles. The van der Waals surface area contributed by atoms with Gasteiger partial charge in [0.2, 0.25) is 0 Å². The highest BCUT2D eigenvalue weighted by molar-refractivity contribution is 9.10. The van der Waals surface area contributed by atoms with Crippen LogP contribution < -0.4 is 10.6 Å². The lowest BCUT2D eigenvalue weighted by atomic mass is 10.2. The number of hydrogen-bond donors (Lipinski definition) is 3. The molecule has 7 heteroatoms. The molecule has 0 spiro atoms. The van der Waals surface area contributed by atoms with Crippen molar-refractivity contribution in [3.63, 3.8) is 0 Å². The van der Waals surface area contributed by atoms with E-state index in [0.717, 1.165) is 19.6 Å². The summed E-state index contributed by atoms with van der Waals surface area (Å²) in [6.45, 7) is 3.65. The van der Waals surface area contributed by atoms with Crippen molar-refractivity contribution in [2.24, 2.45) is 0 Å². The molecule has 0 aromatic heterocycles. The lowest BCUT2D eigenvalue weighted by molar-refractivity contribution is 0.0697.